The summed E-state index contributed by atoms with van der Waals surface area (Å²) >= 11 is 0. The summed E-state index contributed by atoms with van der Waals surface area (Å²) in [6, 6.07) is 0.0770. The van der Waals surface area contributed by atoms with Crippen molar-refractivity contribution >= 4 is 5.91 Å². The van der Waals surface area contributed by atoms with E-state index in [9.17, 15) is 4.79 Å². The maximum Gasteiger partial charge on any atom is 0.227 e. The molecule has 2 aliphatic rings. The molecule has 1 aliphatic carbocycles. The maximum absolute atomic E-state index is 12.3. The highest BCUT2D eigenvalue weighted by atomic mass is 16.5. The van der Waals surface area contributed by atoms with Gasteiger partial charge in [0.25, 0.3) is 0 Å². The smallest absolute Gasteiger partial charge is 0.227 e. The van der Waals surface area contributed by atoms with Crippen LogP contribution in [-0.2, 0) is 9.53 Å². The van der Waals surface area contributed by atoms with Crippen molar-refractivity contribution in [2.45, 2.75) is 51.7 Å². The first-order chi connectivity index (χ1) is 8.58. The zero-order valence-electron chi connectivity index (χ0n) is 11.6. The fraction of sp³-hybridized carbons (Fsp3) is 0.929. The average molecular weight is 254 g/mol. The predicted octanol–water partition coefficient (Wildman–Crippen LogP) is 1.39. The summed E-state index contributed by atoms with van der Waals surface area (Å²) in [5.74, 6) is 0.877. The first kappa shape index (κ1) is 13.8. The molecule has 0 spiro atoms. The number of nitrogens with two attached hydrogens (primary N) is 1. The van der Waals surface area contributed by atoms with Crippen LogP contribution in [0.5, 0.6) is 0 Å². The molecular formula is C14H26N2O2. The third kappa shape index (κ3) is 3.23. The molecule has 3 atom stereocenters. The van der Waals surface area contributed by atoms with Gasteiger partial charge in [0, 0.05) is 25.7 Å². The van der Waals surface area contributed by atoms with Crippen molar-refractivity contribution in [1.82, 2.24) is 4.90 Å². The summed E-state index contributed by atoms with van der Waals surface area (Å²) in [6.07, 6.45) is 4.26. The molecule has 0 radical (unpaired) electrons. The van der Waals surface area contributed by atoms with Gasteiger partial charge < -0.3 is 15.4 Å². The molecule has 0 unspecified atom stereocenters. The Morgan fingerprint density at radius 2 is 2.17 bits per heavy atom. The molecule has 1 saturated heterocycles. The highest BCUT2D eigenvalue weighted by molar-refractivity contribution is 5.80. The van der Waals surface area contributed by atoms with E-state index in [1.165, 1.54) is 0 Å². The number of hydrogen-bond donors (Lipinski definition) is 1. The van der Waals surface area contributed by atoms with Crippen LogP contribution < -0.4 is 5.73 Å². The molecule has 104 valence electrons. The Balaban J connectivity index is 1.79. The Hall–Kier alpha value is -0.610. The van der Waals surface area contributed by atoms with E-state index in [2.05, 4.69) is 13.8 Å². The average Bonchev–Trinajstić information content (AvgIpc) is 2.94. The zero-order chi connectivity index (χ0) is 13.1. The minimum atomic E-state index is 0.0637. The highest BCUT2D eigenvalue weighted by Crippen LogP contribution is 2.27. The van der Waals surface area contributed by atoms with Gasteiger partial charge in [0.2, 0.25) is 5.91 Å². The van der Waals surface area contributed by atoms with Crippen molar-refractivity contribution in [2.75, 3.05) is 19.7 Å². The van der Waals surface area contributed by atoms with Crippen molar-refractivity contribution in [3.63, 3.8) is 0 Å². The van der Waals surface area contributed by atoms with Crippen molar-refractivity contribution in [2.24, 2.45) is 17.6 Å². The minimum Gasteiger partial charge on any atom is -0.376 e. The zero-order valence-corrected chi connectivity index (χ0v) is 11.6. The monoisotopic (exact) mass is 254 g/mol. The number of carbonyl (C=O) groups is 1. The lowest BCUT2D eigenvalue weighted by molar-refractivity contribution is -0.135. The molecule has 2 N–H and O–H groups in total. The van der Waals surface area contributed by atoms with E-state index >= 15 is 0 Å². The van der Waals surface area contributed by atoms with Crippen LogP contribution in [0.2, 0.25) is 0 Å². The molecule has 18 heavy (non-hydrogen) atoms. The molecule has 1 aliphatic heterocycles. The van der Waals surface area contributed by atoms with Gasteiger partial charge in [-0.1, -0.05) is 20.3 Å². The van der Waals surface area contributed by atoms with Gasteiger partial charge in [0.1, 0.15) is 0 Å². The van der Waals surface area contributed by atoms with E-state index in [0.717, 1.165) is 45.4 Å². The lowest BCUT2D eigenvalue weighted by atomic mass is 10.0. The van der Waals surface area contributed by atoms with Crippen molar-refractivity contribution in [3.05, 3.63) is 0 Å². The van der Waals surface area contributed by atoms with Crippen LogP contribution in [0.25, 0.3) is 0 Å². The second kappa shape index (κ2) is 6.02. The van der Waals surface area contributed by atoms with Gasteiger partial charge in [-0.05, 0) is 25.2 Å². The van der Waals surface area contributed by atoms with E-state index in [-0.39, 0.29) is 24.0 Å². The summed E-state index contributed by atoms with van der Waals surface area (Å²) in [7, 11) is 0. The van der Waals surface area contributed by atoms with Gasteiger partial charge in [-0.15, -0.1) is 0 Å². The van der Waals surface area contributed by atoms with Gasteiger partial charge in [-0.2, -0.15) is 0 Å². The van der Waals surface area contributed by atoms with Crippen LogP contribution in [0.3, 0.4) is 0 Å². The third-order valence-corrected chi connectivity index (χ3v) is 4.01. The number of ether oxygens (including phenoxy) is 1. The van der Waals surface area contributed by atoms with Gasteiger partial charge in [-0.25, -0.2) is 0 Å². The molecule has 2 fully saturated rings. The highest BCUT2D eigenvalue weighted by Gasteiger charge is 2.36. The Morgan fingerprint density at radius 3 is 2.78 bits per heavy atom. The second-order valence-corrected chi connectivity index (χ2v) is 6.12. The molecule has 0 aromatic carbocycles. The van der Waals surface area contributed by atoms with E-state index in [0.29, 0.717) is 5.92 Å². The van der Waals surface area contributed by atoms with Crippen molar-refractivity contribution in [3.8, 4) is 0 Å². The summed E-state index contributed by atoms with van der Waals surface area (Å²) in [5.41, 5.74) is 6.00. The van der Waals surface area contributed by atoms with Crippen LogP contribution in [0.1, 0.15) is 39.5 Å². The van der Waals surface area contributed by atoms with Crippen LogP contribution in [0, 0.1) is 11.8 Å². The van der Waals surface area contributed by atoms with Crippen molar-refractivity contribution in [1.29, 1.82) is 0 Å². The molecule has 1 amide bonds. The minimum absolute atomic E-state index is 0.0637. The van der Waals surface area contributed by atoms with E-state index in [4.69, 9.17) is 10.5 Å². The van der Waals surface area contributed by atoms with Crippen LogP contribution in [0.15, 0.2) is 0 Å². The van der Waals surface area contributed by atoms with Crippen LogP contribution in [0.4, 0.5) is 0 Å². The molecule has 0 aromatic rings. The fourth-order valence-corrected chi connectivity index (χ4v) is 2.92. The topological polar surface area (TPSA) is 55.6 Å². The number of likely N-dealkylation sites (tertiary alicyclic amines) is 1. The second-order valence-electron chi connectivity index (χ2n) is 6.12. The van der Waals surface area contributed by atoms with Gasteiger partial charge in [0.15, 0.2) is 0 Å². The first-order valence-electron chi connectivity index (χ1n) is 7.24. The SMILES string of the molecule is CC(C)CO[C@@H]1CCN(C(=O)[C@@H]2CCC[C@H]2N)C1. The Morgan fingerprint density at radius 1 is 1.39 bits per heavy atom. The molecule has 4 nitrogen and oxygen atoms in total. The molecule has 2 rings (SSSR count). The number of hydrogen-bond acceptors (Lipinski definition) is 3. The lowest BCUT2D eigenvalue weighted by Crippen LogP contribution is -2.41. The Bertz CT molecular complexity index is 294. The molecule has 4 heteroatoms. The summed E-state index contributed by atoms with van der Waals surface area (Å²) in [4.78, 5) is 14.3. The molecule has 0 bridgehead atoms. The van der Waals surface area contributed by atoms with Gasteiger partial charge in [-0.3, -0.25) is 4.79 Å². The van der Waals surface area contributed by atoms with E-state index < -0.39 is 0 Å². The fourth-order valence-electron chi connectivity index (χ4n) is 2.92. The number of amides is 1. The Kier molecular flexibility index (Phi) is 4.62. The molecule has 1 heterocycles. The number of rotatable bonds is 4. The van der Waals surface area contributed by atoms with Gasteiger partial charge in [0.05, 0.1) is 12.0 Å². The molecule has 1 saturated carbocycles. The first-order valence-corrected chi connectivity index (χ1v) is 7.24. The van der Waals surface area contributed by atoms with Crippen LogP contribution >= 0.6 is 0 Å². The van der Waals surface area contributed by atoms with Crippen molar-refractivity contribution < 1.29 is 9.53 Å². The summed E-state index contributed by atoms with van der Waals surface area (Å²) in [6.45, 7) is 6.68. The lowest BCUT2D eigenvalue weighted by Gasteiger charge is -2.23. The Labute approximate surface area is 110 Å². The normalized spacial score (nSPS) is 32.4. The molecule has 0 aromatic heterocycles. The number of carbonyl (C=O) groups excluding carboxylic acids is 1. The quantitative estimate of drug-likeness (QED) is 0.825. The third-order valence-electron chi connectivity index (χ3n) is 4.01. The summed E-state index contributed by atoms with van der Waals surface area (Å²) < 4.78 is 5.81. The van der Waals surface area contributed by atoms with Gasteiger partial charge >= 0.3 is 0 Å². The largest absolute Gasteiger partial charge is 0.376 e. The maximum atomic E-state index is 12.3. The molecular weight excluding hydrogens is 228 g/mol. The van der Waals surface area contributed by atoms with E-state index in [1.54, 1.807) is 0 Å². The standard InChI is InChI=1S/C14H26N2O2/c1-10(2)9-18-11-6-7-16(8-11)14(17)12-4-3-5-13(12)15/h10-13H,3-9,15H2,1-2H3/t11-,12-,13-/m1/s1. The van der Waals surface area contributed by atoms with Crippen LogP contribution in [-0.4, -0.2) is 42.6 Å². The number of nitrogens with zero attached hydrogens (tertiary/aromatic N) is 1. The van der Waals surface area contributed by atoms with E-state index in [1.807, 2.05) is 4.90 Å². The summed E-state index contributed by atoms with van der Waals surface area (Å²) in [5, 5.41) is 0. The predicted molar refractivity (Wildman–Crippen MR) is 71.1 cm³/mol.